The van der Waals surface area contributed by atoms with E-state index in [9.17, 15) is 9.59 Å². The molecule has 4 rings (SSSR count). The van der Waals surface area contributed by atoms with Crippen molar-refractivity contribution in [2.45, 2.75) is 20.4 Å². The molecule has 0 unspecified atom stereocenters. The molecule has 7 heteroatoms. The summed E-state index contributed by atoms with van der Waals surface area (Å²) in [5.41, 5.74) is 4.68. The van der Waals surface area contributed by atoms with E-state index < -0.39 is 0 Å². The normalized spacial score (nSPS) is 10.6. The summed E-state index contributed by atoms with van der Waals surface area (Å²) in [6.07, 6.45) is 0. The first-order valence-corrected chi connectivity index (χ1v) is 10.5. The number of aryl methyl sites for hydroxylation is 1. The van der Waals surface area contributed by atoms with Gasteiger partial charge in [-0.1, -0.05) is 36.4 Å². The highest BCUT2D eigenvalue weighted by Crippen LogP contribution is 2.26. The van der Waals surface area contributed by atoms with Gasteiger partial charge in [0.15, 0.2) is 0 Å². The molecule has 0 aliphatic carbocycles. The van der Waals surface area contributed by atoms with Gasteiger partial charge in [0.25, 0.3) is 5.91 Å². The molecular weight excluding hydrogens is 416 g/mol. The van der Waals surface area contributed by atoms with E-state index in [2.05, 4.69) is 15.5 Å². The van der Waals surface area contributed by atoms with Gasteiger partial charge in [-0.15, -0.1) is 10.2 Å². The van der Waals surface area contributed by atoms with Gasteiger partial charge in [-0.3, -0.25) is 9.59 Å². The first kappa shape index (κ1) is 22.0. The highest BCUT2D eigenvalue weighted by atomic mass is 16.4. The summed E-state index contributed by atoms with van der Waals surface area (Å²) < 4.78 is 5.85. The lowest BCUT2D eigenvalue weighted by molar-refractivity contribution is -0.128. The fourth-order valence-corrected chi connectivity index (χ4v) is 3.37. The first-order chi connectivity index (χ1) is 15.9. The van der Waals surface area contributed by atoms with Crippen LogP contribution in [0, 0.1) is 6.92 Å². The van der Waals surface area contributed by atoms with Gasteiger partial charge in [0.1, 0.15) is 0 Å². The minimum absolute atomic E-state index is 0.0432. The molecule has 0 aliphatic rings. The van der Waals surface area contributed by atoms with E-state index in [4.69, 9.17) is 4.42 Å². The van der Waals surface area contributed by atoms with Gasteiger partial charge in [-0.2, -0.15) is 0 Å². The lowest BCUT2D eigenvalue weighted by atomic mass is 10.1. The standard InChI is InChI=1S/C26H24N4O3/c1-17-8-4-6-10-22(17)26-29-28-25(33-26)20-14-12-19(13-15-20)24(32)27-23-11-7-5-9-21(23)16-30(3)18(2)31/h4-15H,16H2,1-3H3,(H,27,32). The quantitative estimate of drug-likeness (QED) is 0.459. The summed E-state index contributed by atoms with van der Waals surface area (Å²) in [6, 6.07) is 22.2. The lowest BCUT2D eigenvalue weighted by Gasteiger charge is -2.18. The third-order valence-electron chi connectivity index (χ3n) is 5.41. The second kappa shape index (κ2) is 9.48. The third-order valence-corrected chi connectivity index (χ3v) is 5.41. The Labute approximate surface area is 192 Å². The number of amides is 2. The predicted molar refractivity (Wildman–Crippen MR) is 126 cm³/mol. The molecule has 0 saturated carbocycles. The number of carbonyl (C=O) groups is 2. The summed E-state index contributed by atoms with van der Waals surface area (Å²) >= 11 is 0. The number of hydrogen-bond donors (Lipinski definition) is 1. The Hall–Kier alpha value is -4.26. The molecule has 166 valence electrons. The molecule has 7 nitrogen and oxygen atoms in total. The van der Waals surface area contributed by atoms with Gasteiger partial charge in [-0.05, 0) is 54.4 Å². The van der Waals surface area contributed by atoms with Crippen molar-refractivity contribution in [2.24, 2.45) is 0 Å². The van der Waals surface area contributed by atoms with Crippen molar-refractivity contribution in [3.63, 3.8) is 0 Å². The number of carbonyl (C=O) groups excluding carboxylic acids is 2. The van der Waals surface area contributed by atoms with E-state index in [1.807, 2.05) is 55.5 Å². The minimum atomic E-state index is -0.245. The Balaban J connectivity index is 1.49. The van der Waals surface area contributed by atoms with Crippen molar-refractivity contribution < 1.29 is 14.0 Å². The molecule has 4 aromatic rings. The summed E-state index contributed by atoms with van der Waals surface area (Å²) in [5, 5.41) is 11.2. The SMILES string of the molecule is CC(=O)N(C)Cc1ccccc1NC(=O)c1ccc(-c2nnc(-c3ccccc3C)o2)cc1. The molecule has 0 radical (unpaired) electrons. The number of rotatable bonds is 6. The summed E-state index contributed by atoms with van der Waals surface area (Å²) in [7, 11) is 1.72. The van der Waals surface area contributed by atoms with Gasteiger partial charge in [0, 0.05) is 42.9 Å². The Bertz CT molecular complexity index is 1290. The van der Waals surface area contributed by atoms with Crippen LogP contribution in [-0.4, -0.2) is 34.0 Å². The van der Waals surface area contributed by atoms with Gasteiger partial charge >= 0.3 is 0 Å². The van der Waals surface area contributed by atoms with E-state index in [1.54, 1.807) is 36.2 Å². The van der Waals surface area contributed by atoms with Crippen LogP contribution in [0.15, 0.2) is 77.2 Å². The summed E-state index contributed by atoms with van der Waals surface area (Å²) in [5.74, 6) is 0.554. The molecule has 0 saturated heterocycles. The number of nitrogens with one attached hydrogen (secondary N) is 1. The second-order valence-corrected chi connectivity index (χ2v) is 7.79. The largest absolute Gasteiger partial charge is 0.416 e. The molecule has 0 aliphatic heterocycles. The van der Waals surface area contributed by atoms with Crippen molar-refractivity contribution >= 4 is 17.5 Å². The fourth-order valence-electron chi connectivity index (χ4n) is 3.37. The Morgan fingerprint density at radius 1 is 0.909 bits per heavy atom. The van der Waals surface area contributed by atoms with Crippen molar-refractivity contribution in [1.29, 1.82) is 0 Å². The Kier molecular flexibility index (Phi) is 6.31. The number of nitrogens with zero attached hydrogens (tertiary/aromatic N) is 3. The van der Waals surface area contributed by atoms with Gasteiger partial charge in [0.2, 0.25) is 17.7 Å². The van der Waals surface area contributed by atoms with Crippen LogP contribution in [0.5, 0.6) is 0 Å². The Morgan fingerprint density at radius 2 is 1.58 bits per heavy atom. The first-order valence-electron chi connectivity index (χ1n) is 10.5. The zero-order chi connectivity index (χ0) is 23.4. The molecule has 1 heterocycles. The van der Waals surface area contributed by atoms with Crippen molar-refractivity contribution in [1.82, 2.24) is 15.1 Å². The number of benzene rings is 3. The number of aromatic nitrogens is 2. The van der Waals surface area contributed by atoms with E-state index in [0.717, 1.165) is 22.3 Å². The van der Waals surface area contributed by atoms with Crippen molar-refractivity contribution in [3.8, 4) is 22.9 Å². The highest BCUT2D eigenvalue weighted by molar-refractivity contribution is 6.04. The minimum Gasteiger partial charge on any atom is -0.416 e. The van der Waals surface area contributed by atoms with E-state index in [-0.39, 0.29) is 11.8 Å². The molecular formula is C26H24N4O3. The highest BCUT2D eigenvalue weighted by Gasteiger charge is 2.14. The summed E-state index contributed by atoms with van der Waals surface area (Å²) in [4.78, 5) is 26.0. The van der Waals surface area contributed by atoms with E-state index in [1.165, 1.54) is 6.92 Å². The monoisotopic (exact) mass is 440 g/mol. The van der Waals surface area contributed by atoms with Crippen LogP contribution in [0.25, 0.3) is 22.9 Å². The fraction of sp³-hybridized carbons (Fsp3) is 0.154. The molecule has 0 atom stereocenters. The van der Waals surface area contributed by atoms with Gasteiger partial charge < -0.3 is 14.6 Å². The van der Waals surface area contributed by atoms with Crippen LogP contribution in [0.3, 0.4) is 0 Å². The molecule has 0 spiro atoms. The van der Waals surface area contributed by atoms with Crippen molar-refractivity contribution in [2.75, 3.05) is 12.4 Å². The molecule has 1 N–H and O–H groups in total. The van der Waals surface area contributed by atoms with Gasteiger partial charge in [-0.25, -0.2) is 0 Å². The third kappa shape index (κ3) is 4.98. The number of anilines is 1. The topological polar surface area (TPSA) is 88.3 Å². The average molecular weight is 441 g/mol. The molecule has 0 bridgehead atoms. The van der Waals surface area contributed by atoms with Crippen LogP contribution in [-0.2, 0) is 11.3 Å². The maximum absolute atomic E-state index is 12.8. The van der Waals surface area contributed by atoms with Crippen LogP contribution in [0.4, 0.5) is 5.69 Å². The van der Waals surface area contributed by atoms with Crippen LogP contribution >= 0.6 is 0 Å². The second-order valence-electron chi connectivity index (χ2n) is 7.79. The molecule has 1 aromatic heterocycles. The van der Waals surface area contributed by atoms with Crippen LogP contribution < -0.4 is 5.32 Å². The molecule has 33 heavy (non-hydrogen) atoms. The predicted octanol–water partition coefficient (Wildman–Crippen LogP) is 4.94. The Morgan fingerprint density at radius 3 is 2.30 bits per heavy atom. The smallest absolute Gasteiger partial charge is 0.255 e. The molecule has 0 fully saturated rings. The van der Waals surface area contributed by atoms with E-state index >= 15 is 0 Å². The van der Waals surface area contributed by atoms with Crippen LogP contribution in [0.1, 0.15) is 28.4 Å². The van der Waals surface area contributed by atoms with Crippen molar-refractivity contribution in [3.05, 3.63) is 89.5 Å². The van der Waals surface area contributed by atoms with E-state index in [0.29, 0.717) is 29.6 Å². The maximum atomic E-state index is 12.8. The number of hydrogen-bond acceptors (Lipinski definition) is 5. The number of para-hydroxylation sites is 1. The molecule has 3 aromatic carbocycles. The zero-order valence-corrected chi connectivity index (χ0v) is 18.7. The maximum Gasteiger partial charge on any atom is 0.255 e. The van der Waals surface area contributed by atoms with Gasteiger partial charge in [0.05, 0.1) is 0 Å². The lowest BCUT2D eigenvalue weighted by Crippen LogP contribution is -2.24. The molecule has 2 amide bonds. The summed E-state index contributed by atoms with van der Waals surface area (Å²) in [6.45, 7) is 3.91. The zero-order valence-electron chi connectivity index (χ0n) is 18.7. The van der Waals surface area contributed by atoms with Crippen LogP contribution in [0.2, 0.25) is 0 Å². The average Bonchev–Trinajstić information content (AvgIpc) is 3.30.